The van der Waals surface area contributed by atoms with E-state index in [1.54, 1.807) is 27.5 Å². The Labute approximate surface area is 150 Å². The first kappa shape index (κ1) is 15.4. The highest BCUT2D eigenvalue weighted by Gasteiger charge is 2.45. The topological polar surface area (TPSA) is 72.4 Å². The average molecular weight is 376 g/mol. The van der Waals surface area contributed by atoms with E-state index in [9.17, 15) is 8.78 Å². The smallest absolute Gasteiger partial charge is 0.252 e. The Bertz CT molecular complexity index is 1130. The van der Waals surface area contributed by atoms with Crippen LogP contribution >= 0.6 is 11.6 Å². The largest absolute Gasteiger partial charge is 0.350 e. The van der Waals surface area contributed by atoms with Crippen molar-refractivity contribution in [3.63, 3.8) is 0 Å². The van der Waals surface area contributed by atoms with E-state index in [0.29, 0.717) is 16.9 Å². The summed E-state index contributed by atoms with van der Waals surface area (Å²) in [5, 5.41) is 7.75. The third-order valence-corrected chi connectivity index (χ3v) is 4.75. The zero-order valence-corrected chi connectivity index (χ0v) is 14.0. The number of nitrogens with zero attached hydrogens (tertiary/aromatic N) is 6. The van der Waals surface area contributed by atoms with E-state index < -0.39 is 5.92 Å². The van der Waals surface area contributed by atoms with E-state index in [-0.39, 0.29) is 18.9 Å². The molecule has 1 fully saturated rings. The number of aromatic nitrogens is 6. The predicted molar refractivity (Wildman–Crippen MR) is 91.6 cm³/mol. The Morgan fingerprint density at radius 1 is 1.15 bits per heavy atom. The summed E-state index contributed by atoms with van der Waals surface area (Å²) in [6.45, 7) is 0. The lowest BCUT2D eigenvalue weighted by atomic mass is 9.88. The molecule has 4 aromatic heterocycles. The molecule has 4 heterocycles. The normalized spacial score (nSPS) is 16.9. The van der Waals surface area contributed by atoms with Crippen LogP contribution in [0.15, 0.2) is 37.1 Å². The van der Waals surface area contributed by atoms with Gasteiger partial charge in [-0.3, -0.25) is 4.40 Å². The van der Waals surface area contributed by atoms with Gasteiger partial charge in [0.25, 0.3) is 5.92 Å². The van der Waals surface area contributed by atoms with Crippen molar-refractivity contribution in [3.8, 4) is 11.1 Å². The minimum absolute atomic E-state index is 0.192. The van der Waals surface area contributed by atoms with Crippen molar-refractivity contribution in [1.29, 1.82) is 0 Å². The highest BCUT2D eigenvalue weighted by molar-refractivity contribution is 6.29. The lowest BCUT2D eigenvalue weighted by Gasteiger charge is -2.35. The van der Waals surface area contributed by atoms with Crippen LogP contribution in [0.2, 0.25) is 5.15 Å². The van der Waals surface area contributed by atoms with Crippen molar-refractivity contribution in [2.24, 2.45) is 0 Å². The maximum absolute atomic E-state index is 12.9. The molecule has 132 valence electrons. The molecule has 5 rings (SSSR count). The fourth-order valence-corrected chi connectivity index (χ4v) is 3.31. The summed E-state index contributed by atoms with van der Waals surface area (Å²) in [5.41, 5.74) is 2.49. The summed E-state index contributed by atoms with van der Waals surface area (Å²) in [7, 11) is 0. The first-order valence-corrected chi connectivity index (χ1v) is 8.34. The number of rotatable bonds is 3. The molecule has 0 saturated heterocycles. The molecule has 0 radical (unpaired) electrons. The van der Waals surface area contributed by atoms with E-state index in [0.717, 1.165) is 16.6 Å². The first-order valence-electron chi connectivity index (χ1n) is 7.96. The number of anilines is 1. The Hall–Kier alpha value is -2.81. The van der Waals surface area contributed by atoms with E-state index >= 15 is 0 Å². The van der Waals surface area contributed by atoms with Gasteiger partial charge in [-0.15, -0.1) is 5.10 Å². The zero-order chi connectivity index (χ0) is 17.9. The molecule has 26 heavy (non-hydrogen) atoms. The van der Waals surface area contributed by atoms with Gasteiger partial charge in [-0.2, -0.15) is 0 Å². The van der Waals surface area contributed by atoms with Crippen LogP contribution in [0.25, 0.3) is 22.4 Å². The number of hydrogen-bond donors (Lipinski definition) is 1. The molecule has 1 aliphatic rings. The molecule has 0 bridgehead atoms. The minimum atomic E-state index is -2.58. The van der Waals surface area contributed by atoms with E-state index in [1.807, 2.05) is 12.3 Å². The second-order valence-electron chi connectivity index (χ2n) is 6.34. The van der Waals surface area contributed by atoms with Crippen molar-refractivity contribution in [2.45, 2.75) is 24.8 Å². The zero-order valence-electron chi connectivity index (χ0n) is 13.3. The quantitative estimate of drug-likeness (QED) is 0.595. The molecule has 1 saturated carbocycles. The van der Waals surface area contributed by atoms with Crippen molar-refractivity contribution in [1.82, 2.24) is 29.0 Å². The Balaban J connectivity index is 1.48. The standard InChI is InChI=1S/C16H12ClF2N7/c17-13-7-22-15-21-5-9(8-25(13)15)11-1-2-26-12(11)6-20-14(24-26)23-10-3-16(18,19)4-10/h1-2,5-8,10H,3-4H2,(H,23,24). The van der Waals surface area contributed by atoms with E-state index in [2.05, 4.69) is 25.4 Å². The van der Waals surface area contributed by atoms with Gasteiger partial charge in [0.05, 0.1) is 17.9 Å². The lowest BCUT2D eigenvalue weighted by molar-refractivity contribution is -0.0794. The van der Waals surface area contributed by atoms with Gasteiger partial charge in [-0.1, -0.05) is 11.6 Å². The Morgan fingerprint density at radius 2 is 1.96 bits per heavy atom. The Morgan fingerprint density at radius 3 is 2.77 bits per heavy atom. The van der Waals surface area contributed by atoms with Crippen LogP contribution < -0.4 is 5.32 Å². The summed E-state index contributed by atoms with van der Waals surface area (Å²) in [6.07, 6.45) is 8.14. The number of fused-ring (bicyclic) bond motifs is 2. The molecule has 0 atom stereocenters. The van der Waals surface area contributed by atoms with Crippen LogP contribution in [0.1, 0.15) is 12.8 Å². The van der Waals surface area contributed by atoms with Crippen LogP contribution in [0.4, 0.5) is 14.7 Å². The third kappa shape index (κ3) is 2.47. The molecule has 4 aromatic rings. The second kappa shape index (κ2) is 5.34. The monoisotopic (exact) mass is 375 g/mol. The number of hydrogen-bond acceptors (Lipinski definition) is 5. The van der Waals surface area contributed by atoms with Crippen LogP contribution in [0.5, 0.6) is 0 Å². The van der Waals surface area contributed by atoms with Gasteiger partial charge in [0.15, 0.2) is 0 Å². The molecular weight excluding hydrogens is 364 g/mol. The van der Waals surface area contributed by atoms with Crippen molar-refractivity contribution >= 4 is 28.8 Å². The number of halogens is 3. The minimum Gasteiger partial charge on any atom is -0.350 e. The maximum atomic E-state index is 12.9. The van der Waals surface area contributed by atoms with Gasteiger partial charge in [0.1, 0.15) is 5.15 Å². The van der Waals surface area contributed by atoms with Crippen LogP contribution in [0, 0.1) is 0 Å². The number of imidazole rings is 1. The molecule has 7 nitrogen and oxygen atoms in total. The molecule has 0 amide bonds. The average Bonchev–Trinajstić information content (AvgIpc) is 3.16. The van der Waals surface area contributed by atoms with E-state index in [4.69, 9.17) is 11.6 Å². The van der Waals surface area contributed by atoms with E-state index in [1.165, 1.54) is 6.20 Å². The maximum Gasteiger partial charge on any atom is 0.252 e. The number of alkyl halides is 2. The van der Waals surface area contributed by atoms with Gasteiger partial charge in [-0.25, -0.2) is 28.2 Å². The predicted octanol–water partition coefficient (Wildman–Crippen LogP) is 3.30. The fraction of sp³-hybridized carbons (Fsp3) is 0.250. The Kier molecular flexibility index (Phi) is 3.17. The van der Waals surface area contributed by atoms with Crippen LogP contribution in [0.3, 0.4) is 0 Å². The van der Waals surface area contributed by atoms with Crippen molar-refractivity contribution in [2.75, 3.05) is 5.32 Å². The molecule has 0 spiro atoms. The summed E-state index contributed by atoms with van der Waals surface area (Å²) in [6, 6.07) is 1.59. The molecule has 10 heteroatoms. The van der Waals surface area contributed by atoms with Gasteiger partial charge < -0.3 is 5.32 Å². The van der Waals surface area contributed by atoms with Gasteiger partial charge in [0, 0.05) is 48.6 Å². The van der Waals surface area contributed by atoms with Crippen LogP contribution in [-0.2, 0) is 0 Å². The molecule has 1 N–H and O–H groups in total. The number of nitrogens with one attached hydrogen (secondary N) is 1. The SMILES string of the molecule is FC1(F)CC(Nc2ncc3c(-c4cnc5ncc(Cl)n5c4)ccn3n2)C1. The van der Waals surface area contributed by atoms with Crippen LogP contribution in [-0.4, -0.2) is 40.9 Å². The van der Waals surface area contributed by atoms with Crippen molar-refractivity contribution < 1.29 is 8.78 Å². The van der Waals surface area contributed by atoms with Gasteiger partial charge in [0.2, 0.25) is 11.7 Å². The summed E-state index contributed by atoms with van der Waals surface area (Å²) < 4.78 is 29.2. The summed E-state index contributed by atoms with van der Waals surface area (Å²) >= 11 is 6.10. The summed E-state index contributed by atoms with van der Waals surface area (Å²) in [4.78, 5) is 12.6. The highest BCUT2D eigenvalue weighted by atomic mass is 35.5. The molecule has 1 aliphatic carbocycles. The van der Waals surface area contributed by atoms with Crippen molar-refractivity contribution in [3.05, 3.63) is 42.2 Å². The van der Waals surface area contributed by atoms with Gasteiger partial charge in [-0.05, 0) is 6.07 Å². The first-order chi connectivity index (χ1) is 12.5. The lowest BCUT2D eigenvalue weighted by Crippen LogP contribution is -2.44. The fourth-order valence-electron chi connectivity index (χ4n) is 3.14. The highest BCUT2D eigenvalue weighted by Crippen LogP contribution is 2.38. The second-order valence-corrected chi connectivity index (χ2v) is 6.73. The molecule has 0 aromatic carbocycles. The molecule has 0 aliphatic heterocycles. The van der Waals surface area contributed by atoms with Gasteiger partial charge >= 0.3 is 0 Å². The molecule has 0 unspecified atom stereocenters. The third-order valence-electron chi connectivity index (χ3n) is 4.47. The molecular formula is C16H12ClF2N7. The summed E-state index contributed by atoms with van der Waals surface area (Å²) in [5.74, 6) is -1.74.